The average molecular weight is 280 g/mol. The Morgan fingerprint density at radius 3 is 2.44 bits per heavy atom. The van der Waals surface area contributed by atoms with Gasteiger partial charge in [0, 0.05) is 26.7 Å². The van der Waals surface area contributed by atoms with Gasteiger partial charge in [-0.15, -0.1) is 0 Å². The highest BCUT2D eigenvalue weighted by atomic mass is 32.2. The summed E-state index contributed by atoms with van der Waals surface area (Å²) >= 11 is 0. The molecule has 108 valence electrons. The molecule has 0 aromatic carbocycles. The third-order valence-electron chi connectivity index (χ3n) is 2.05. The lowest BCUT2D eigenvalue weighted by Gasteiger charge is -2.08. The van der Waals surface area contributed by atoms with Crippen LogP contribution in [0, 0.1) is 5.92 Å². The van der Waals surface area contributed by atoms with Crippen molar-refractivity contribution in [3.63, 3.8) is 0 Å². The van der Waals surface area contributed by atoms with Crippen LogP contribution < -0.4 is 10.6 Å². The summed E-state index contributed by atoms with van der Waals surface area (Å²) in [4.78, 5) is 11.4. The zero-order chi connectivity index (χ0) is 14.0. The van der Waals surface area contributed by atoms with E-state index < -0.39 is 21.5 Å². The van der Waals surface area contributed by atoms with Gasteiger partial charge in [0.2, 0.25) is 5.91 Å². The van der Waals surface area contributed by atoms with Gasteiger partial charge in [0.1, 0.15) is 5.75 Å². The summed E-state index contributed by atoms with van der Waals surface area (Å²) < 4.78 is 27.9. The van der Waals surface area contributed by atoms with Crippen LogP contribution in [0.5, 0.6) is 0 Å². The molecule has 0 aromatic heterocycles. The summed E-state index contributed by atoms with van der Waals surface area (Å²) in [6.07, 6.45) is 0. The second-order valence-electron chi connectivity index (χ2n) is 4.54. The number of ether oxygens (including phenoxy) is 1. The topological polar surface area (TPSA) is 84.5 Å². The molecule has 0 aliphatic rings. The summed E-state index contributed by atoms with van der Waals surface area (Å²) in [7, 11) is -1.67. The molecule has 0 saturated heterocycles. The summed E-state index contributed by atoms with van der Waals surface area (Å²) in [5.41, 5.74) is 0. The van der Waals surface area contributed by atoms with Crippen molar-refractivity contribution >= 4 is 15.7 Å². The van der Waals surface area contributed by atoms with Gasteiger partial charge in [0.05, 0.1) is 12.4 Å². The third-order valence-corrected chi connectivity index (χ3v) is 3.92. The maximum atomic E-state index is 11.5. The first kappa shape index (κ1) is 17.3. The Morgan fingerprint density at radius 2 is 1.89 bits per heavy atom. The first-order valence-electron chi connectivity index (χ1n) is 6.04. The molecule has 7 heteroatoms. The van der Waals surface area contributed by atoms with Gasteiger partial charge >= 0.3 is 0 Å². The van der Waals surface area contributed by atoms with Crippen LogP contribution in [0.3, 0.4) is 0 Å². The molecule has 18 heavy (non-hydrogen) atoms. The predicted molar refractivity (Wildman–Crippen MR) is 71.2 cm³/mol. The van der Waals surface area contributed by atoms with Crippen molar-refractivity contribution in [2.75, 3.05) is 44.9 Å². The number of nitrogens with one attached hydrogen (secondary N) is 2. The van der Waals surface area contributed by atoms with Gasteiger partial charge in [-0.3, -0.25) is 4.79 Å². The molecule has 0 aliphatic heterocycles. The van der Waals surface area contributed by atoms with E-state index >= 15 is 0 Å². The minimum atomic E-state index is -3.28. The van der Waals surface area contributed by atoms with Gasteiger partial charge in [-0.2, -0.15) is 0 Å². The van der Waals surface area contributed by atoms with Crippen molar-refractivity contribution in [2.24, 2.45) is 5.92 Å². The quantitative estimate of drug-likeness (QED) is 0.523. The standard InChI is InChI=1S/C11H24N2O4S/c1-10(2)8-18(15,16)9-11(14)13-5-4-12-6-7-17-3/h10,12H,4-9H2,1-3H3,(H,13,14). The number of carbonyl (C=O) groups excluding carboxylic acids is 1. The molecule has 0 heterocycles. The van der Waals surface area contributed by atoms with Crippen molar-refractivity contribution in [1.29, 1.82) is 0 Å². The van der Waals surface area contributed by atoms with Crippen LogP contribution in [0.15, 0.2) is 0 Å². The van der Waals surface area contributed by atoms with Crippen molar-refractivity contribution in [1.82, 2.24) is 10.6 Å². The molecule has 0 rings (SSSR count). The number of sulfone groups is 1. The van der Waals surface area contributed by atoms with E-state index in [2.05, 4.69) is 10.6 Å². The minimum absolute atomic E-state index is 0.0403. The Labute approximate surface area is 109 Å². The van der Waals surface area contributed by atoms with E-state index in [1.807, 2.05) is 13.8 Å². The Balaban J connectivity index is 3.71. The predicted octanol–water partition coefficient (Wildman–Crippen LogP) is -0.591. The van der Waals surface area contributed by atoms with E-state index in [0.29, 0.717) is 26.2 Å². The second-order valence-corrected chi connectivity index (χ2v) is 6.65. The van der Waals surface area contributed by atoms with Crippen LogP contribution >= 0.6 is 0 Å². The van der Waals surface area contributed by atoms with Crippen LogP contribution in [0.25, 0.3) is 0 Å². The average Bonchev–Trinajstić information content (AvgIpc) is 2.20. The molecule has 1 amide bonds. The highest BCUT2D eigenvalue weighted by Gasteiger charge is 2.17. The number of methoxy groups -OCH3 is 1. The third kappa shape index (κ3) is 10.5. The van der Waals surface area contributed by atoms with E-state index in [0.717, 1.165) is 0 Å². The van der Waals surface area contributed by atoms with E-state index in [1.54, 1.807) is 7.11 Å². The Morgan fingerprint density at radius 1 is 1.22 bits per heavy atom. The van der Waals surface area contributed by atoms with E-state index in [1.165, 1.54) is 0 Å². The molecular weight excluding hydrogens is 256 g/mol. The fourth-order valence-electron chi connectivity index (χ4n) is 1.41. The lowest BCUT2D eigenvalue weighted by atomic mass is 10.3. The number of rotatable bonds is 10. The lowest BCUT2D eigenvalue weighted by molar-refractivity contribution is -0.118. The normalized spacial score (nSPS) is 11.8. The summed E-state index contributed by atoms with van der Waals surface area (Å²) in [5.74, 6) is -0.779. The number of carbonyl (C=O) groups is 1. The van der Waals surface area contributed by atoms with Crippen molar-refractivity contribution in [3.8, 4) is 0 Å². The second kappa shape index (κ2) is 9.29. The highest BCUT2D eigenvalue weighted by Crippen LogP contribution is 2.00. The molecule has 2 N–H and O–H groups in total. The molecule has 0 saturated carbocycles. The molecule has 0 atom stereocenters. The molecule has 0 bridgehead atoms. The molecule has 0 fully saturated rings. The molecule has 0 spiro atoms. The smallest absolute Gasteiger partial charge is 0.235 e. The van der Waals surface area contributed by atoms with Gasteiger partial charge in [-0.05, 0) is 5.92 Å². The zero-order valence-electron chi connectivity index (χ0n) is 11.4. The molecule has 0 unspecified atom stereocenters. The summed E-state index contributed by atoms with van der Waals surface area (Å²) in [6, 6.07) is 0. The van der Waals surface area contributed by atoms with Crippen LogP contribution in [-0.2, 0) is 19.4 Å². The summed E-state index contributed by atoms with van der Waals surface area (Å²) in [6.45, 7) is 5.96. The van der Waals surface area contributed by atoms with Gasteiger partial charge in [-0.1, -0.05) is 13.8 Å². The number of hydrogen-bond acceptors (Lipinski definition) is 5. The first-order chi connectivity index (χ1) is 8.37. The largest absolute Gasteiger partial charge is 0.383 e. The van der Waals surface area contributed by atoms with Crippen molar-refractivity contribution in [2.45, 2.75) is 13.8 Å². The van der Waals surface area contributed by atoms with Gasteiger partial charge in [-0.25, -0.2) is 8.42 Å². The molecule has 6 nitrogen and oxygen atoms in total. The minimum Gasteiger partial charge on any atom is -0.383 e. The lowest BCUT2D eigenvalue weighted by Crippen LogP contribution is -2.37. The maximum absolute atomic E-state index is 11.5. The molecule has 0 aliphatic carbocycles. The Hall–Kier alpha value is -0.660. The van der Waals surface area contributed by atoms with Gasteiger partial charge in [0.25, 0.3) is 0 Å². The van der Waals surface area contributed by atoms with Crippen LogP contribution in [0.2, 0.25) is 0 Å². The van der Waals surface area contributed by atoms with Crippen molar-refractivity contribution < 1.29 is 17.9 Å². The molecular formula is C11H24N2O4S. The SMILES string of the molecule is COCCNCCNC(=O)CS(=O)(=O)CC(C)C. The zero-order valence-corrected chi connectivity index (χ0v) is 12.2. The van der Waals surface area contributed by atoms with Gasteiger partial charge in [0.15, 0.2) is 9.84 Å². The van der Waals surface area contributed by atoms with Crippen LogP contribution in [-0.4, -0.2) is 59.2 Å². The van der Waals surface area contributed by atoms with Crippen molar-refractivity contribution in [3.05, 3.63) is 0 Å². The summed E-state index contributed by atoms with van der Waals surface area (Å²) in [5, 5.41) is 5.62. The fraction of sp³-hybridized carbons (Fsp3) is 0.909. The number of amides is 1. The Kier molecular flexibility index (Phi) is 8.95. The maximum Gasteiger partial charge on any atom is 0.235 e. The number of hydrogen-bond donors (Lipinski definition) is 2. The fourth-order valence-corrected chi connectivity index (χ4v) is 3.04. The highest BCUT2D eigenvalue weighted by molar-refractivity contribution is 7.92. The molecule has 0 radical (unpaired) electrons. The van der Waals surface area contributed by atoms with Crippen LogP contribution in [0.1, 0.15) is 13.8 Å². The monoisotopic (exact) mass is 280 g/mol. The van der Waals surface area contributed by atoms with Crippen LogP contribution in [0.4, 0.5) is 0 Å². The molecule has 0 aromatic rings. The van der Waals surface area contributed by atoms with Gasteiger partial charge < -0.3 is 15.4 Å². The first-order valence-corrected chi connectivity index (χ1v) is 7.86. The van der Waals surface area contributed by atoms with E-state index in [9.17, 15) is 13.2 Å². The Bertz CT molecular complexity index is 328. The van der Waals surface area contributed by atoms with E-state index in [4.69, 9.17) is 4.74 Å². The van der Waals surface area contributed by atoms with E-state index in [-0.39, 0.29) is 11.7 Å².